The van der Waals surface area contributed by atoms with E-state index < -0.39 is 0 Å². The van der Waals surface area contributed by atoms with Gasteiger partial charge in [-0.25, -0.2) is 0 Å². The Bertz CT molecular complexity index is 3260. The van der Waals surface area contributed by atoms with Crippen LogP contribution in [0.3, 0.4) is 0 Å². The van der Waals surface area contributed by atoms with Crippen molar-refractivity contribution in [2.75, 3.05) is 9.80 Å². The third-order valence-corrected chi connectivity index (χ3v) is 12.6. The van der Waals surface area contributed by atoms with Crippen LogP contribution in [0.15, 0.2) is 194 Å². The van der Waals surface area contributed by atoms with Gasteiger partial charge in [-0.15, -0.1) is 0 Å². The maximum atomic E-state index is 6.76. The summed E-state index contributed by atoms with van der Waals surface area (Å²) < 4.78 is 6.76. The Balaban J connectivity index is 1.12. The van der Waals surface area contributed by atoms with Gasteiger partial charge < -0.3 is 14.5 Å². The molecule has 0 unspecified atom stereocenters. The quantitative estimate of drug-likeness (QED) is 0.167. The summed E-state index contributed by atoms with van der Waals surface area (Å²) in [5, 5.41) is 9.92. The first-order chi connectivity index (χ1) is 28.5. The van der Waals surface area contributed by atoms with Crippen molar-refractivity contribution in [2.24, 2.45) is 0 Å². The molecule has 0 amide bonds. The van der Waals surface area contributed by atoms with Crippen LogP contribution in [0.5, 0.6) is 11.5 Å². The fraction of sp³-hybridized carbons (Fsp3) is 0.0545. The summed E-state index contributed by atoms with van der Waals surface area (Å²) in [7, 11) is 0. The monoisotopic (exact) mass is 742 g/mol. The fourth-order valence-corrected chi connectivity index (χ4v) is 9.79. The number of hydrogen-bond acceptors (Lipinski definition) is 3. The Morgan fingerprint density at radius 2 is 0.966 bits per heavy atom. The molecule has 0 saturated heterocycles. The van der Waals surface area contributed by atoms with E-state index in [0.717, 1.165) is 45.6 Å². The molecule has 2 aliphatic heterocycles. The summed E-state index contributed by atoms with van der Waals surface area (Å²) in [6.45, 7) is 4.69. The van der Waals surface area contributed by atoms with Crippen LogP contribution in [0.1, 0.15) is 25.0 Å². The van der Waals surface area contributed by atoms with Gasteiger partial charge in [0.2, 0.25) is 0 Å². The minimum Gasteiger partial charge on any atom is -0.453 e. The highest BCUT2D eigenvalue weighted by atomic mass is 16.5. The number of fused-ring (bicyclic) bond motifs is 12. The van der Waals surface area contributed by atoms with Crippen LogP contribution in [0.4, 0.5) is 34.1 Å². The SMILES string of the molecule is CC1(C)c2ccc(N(c3ccc(-c4ccccc4)cc3)c3ccc4c5ccccc5c5ccccc5c4c3)cc2N2c3c(cccc31)Oc1ccc3ccccc3c12. The van der Waals surface area contributed by atoms with Gasteiger partial charge in [-0.2, -0.15) is 0 Å². The molecular weight excluding hydrogens is 705 g/mol. The highest BCUT2D eigenvalue weighted by Crippen LogP contribution is 2.61. The Kier molecular flexibility index (Phi) is 6.98. The first-order valence-corrected chi connectivity index (χ1v) is 20.1. The highest BCUT2D eigenvalue weighted by molar-refractivity contribution is 6.25. The molecule has 10 aromatic rings. The summed E-state index contributed by atoms with van der Waals surface area (Å²) in [5.74, 6) is 1.74. The minimum atomic E-state index is -0.272. The third kappa shape index (κ3) is 4.74. The molecule has 0 radical (unpaired) electrons. The zero-order chi connectivity index (χ0) is 38.5. The zero-order valence-electron chi connectivity index (χ0n) is 32.3. The first kappa shape index (κ1) is 32.8. The molecule has 58 heavy (non-hydrogen) atoms. The lowest BCUT2D eigenvalue weighted by atomic mass is 9.73. The standard InChI is InChI=1S/C55H38N2O/c1-55(2)48-31-29-40(34-50(48)57-53-41-16-7-6-15-37(41)25-32-52(53)58-51-22-12-21-49(55)54(51)57)56(38-26-23-36(24-27-38)35-13-4-3-5-14-35)39-28-30-46-44-19-9-8-17-42(44)43-18-10-11-20-45(43)47(46)33-39/h3-34H,1-2H3. The second-order valence-corrected chi connectivity index (χ2v) is 16.1. The molecule has 0 bridgehead atoms. The van der Waals surface area contributed by atoms with E-state index >= 15 is 0 Å². The Morgan fingerprint density at radius 1 is 0.397 bits per heavy atom. The van der Waals surface area contributed by atoms with Gasteiger partial charge in [-0.05, 0) is 108 Å². The molecule has 0 spiro atoms. The predicted molar refractivity (Wildman–Crippen MR) is 243 cm³/mol. The van der Waals surface area contributed by atoms with Crippen molar-refractivity contribution in [3.05, 3.63) is 205 Å². The van der Waals surface area contributed by atoms with E-state index in [-0.39, 0.29) is 5.41 Å². The molecule has 274 valence electrons. The first-order valence-electron chi connectivity index (χ1n) is 20.1. The van der Waals surface area contributed by atoms with Gasteiger partial charge in [0.25, 0.3) is 0 Å². The Hall–Kier alpha value is -7.36. The van der Waals surface area contributed by atoms with Gasteiger partial charge >= 0.3 is 0 Å². The summed E-state index contributed by atoms with van der Waals surface area (Å²) in [5.41, 5.74) is 11.3. The maximum absolute atomic E-state index is 6.76. The lowest BCUT2D eigenvalue weighted by molar-refractivity contribution is 0.472. The van der Waals surface area contributed by atoms with Gasteiger partial charge in [-0.3, -0.25) is 0 Å². The molecule has 2 aliphatic rings. The molecule has 2 heterocycles. The van der Waals surface area contributed by atoms with Crippen molar-refractivity contribution in [1.29, 1.82) is 0 Å². The van der Waals surface area contributed by atoms with E-state index in [4.69, 9.17) is 4.74 Å². The van der Waals surface area contributed by atoms with Crippen molar-refractivity contribution in [3.8, 4) is 22.6 Å². The molecular formula is C55H38N2O. The molecule has 10 aromatic carbocycles. The average molecular weight is 743 g/mol. The highest BCUT2D eigenvalue weighted by Gasteiger charge is 2.42. The largest absolute Gasteiger partial charge is 0.453 e. The van der Waals surface area contributed by atoms with Crippen LogP contribution < -0.4 is 14.5 Å². The summed E-state index contributed by atoms with van der Waals surface area (Å²) in [6, 6.07) is 70.8. The number of hydrogen-bond donors (Lipinski definition) is 0. The van der Waals surface area contributed by atoms with Crippen molar-refractivity contribution in [1.82, 2.24) is 0 Å². The second kappa shape index (κ2) is 12.3. The second-order valence-electron chi connectivity index (χ2n) is 16.1. The number of para-hydroxylation sites is 1. The number of anilines is 6. The lowest BCUT2D eigenvalue weighted by Gasteiger charge is -2.45. The van der Waals surface area contributed by atoms with E-state index in [1.807, 2.05) is 0 Å². The third-order valence-electron chi connectivity index (χ3n) is 12.6. The van der Waals surface area contributed by atoms with Crippen LogP contribution in [0, 0.1) is 0 Å². The molecule has 3 nitrogen and oxygen atoms in total. The number of rotatable bonds is 4. The number of benzene rings is 10. The van der Waals surface area contributed by atoms with E-state index in [2.05, 4.69) is 218 Å². The van der Waals surface area contributed by atoms with Crippen molar-refractivity contribution >= 4 is 77.2 Å². The lowest BCUT2D eigenvalue weighted by Crippen LogP contribution is -2.32. The van der Waals surface area contributed by atoms with E-state index in [1.54, 1.807) is 0 Å². The number of nitrogens with zero attached hydrogens (tertiary/aromatic N) is 2. The van der Waals surface area contributed by atoms with Crippen LogP contribution in [-0.4, -0.2) is 0 Å². The normalized spacial score (nSPS) is 13.6. The van der Waals surface area contributed by atoms with Crippen LogP contribution in [-0.2, 0) is 5.41 Å². The average Bonchev–Trinajstić information content (AvgIpc) is 3.28. The summed E-state index contributed by atoms with van der Waals surface area (Å²) in [6.07, 6.45) is 0. The van der Waals surface area contributed by atoms with Crippen LogP contribution in [0.2, 0.25) is 0 Å². The zero-order valence-corrected chi connectivity index (χ0v) is 32.3. The maximum Gasteiger partial charge on any atom is 0.152 e. The molecule has 0 atom stereocenters. The van der Waals surface area contributed by atoms with Crippen molar-refractivity contribution in [2.45, 2.75) is 19.3 Å². The number of ether oxygens (including phenoxy) is 1. The predicted octanol–water partition coefficient (Wildman–Crippen LogP) is 15.7. The van der Waals surface area contributed by atoms with E-state index in [0.29, 0.717) is 0 Å². The van der Waals surface area contributed by atoms with E-state index in [9.17, 15) is 0 Å². The van der Waals surface area contributed by atoms with Gasteiger partial charge in [0.1, 0.15) is 0 Å². The van der Waals surface area contributed by atoms with Crippen molar-refractivity contribution in [3.63, 3.8) is 0 Å². The molecule has 0 saturated carbocycles. The van der Waals surface area contributed by atoms with Gasteiger partial charge in [0.05, 0.1) is 17.1 Å². The summed E-state index contributed by atoms with van der Waals surface area (Å²) in [4.78, 5) is 4.91. The van der Waals surface area contributed by atoms with Crippen LogP contribution in [0.25, 0.3) is 54.2 Å². The molecule has 12 rings (SSSR count). The van der Waals surface area contributed by atoms with Gasteiger partial charge in [0.15, 0.2) is 11.5 Å². The molecule has 0 N–H and O–H groups in total. The smallest absolute Gasteiger partial charge is 0.152 e. The fourth-order valence-electron chi connectivity index (χ4n) is 9.79. The topological polar surface area (TPSA) is 15.7 Å². The molecule has 0 aromatic heterocycles. The van der Waals surface area contributed by atoms with Crippen molar-refractivity contribution < 1.29 is 4.74 Å². The van der Waals surface area contributed by atoms with E-state index in [1.165, 1.54) is 65.3 Å². The Morgan fingerprint density at radius 3 is 1.71 bits per heavy atom. The molecule has 3 heteroatoms. The minimum absolute atomic E-state index is 0.272. The van der Waals surface area contributed by atoms with Crippen LogP contribution >= 0.6 is 0 Å². The van der Waals surface area contributed by atoms with Gasteiger partial charge in [-0.1, -0.05) is 159 Å². The summed E-state index contributed by atoms with van der Waals surface area (Å²) >= 11 is 0. The van der Waals surface area contributed by atoms with Gasteiger partial charge in [0, 0.05) is 27.9 Å². The molecule has 0 fully saturated rings. The Labute approximate surface area is 337 Å². The molecule has 0 aliphatic carbocycles.